The van der Waals surface area contributed by atoms with Crippen molar-refractivity contribution in [1.29, 1.82) is 0 Å². The van der Waals surface area contributed by atoms with Crippen molar-refractivity contribution >= 4 is 5.84 Å². The van der Waals surface area contributed by atoms with Gasteiger partial charge in [-0.25, -0.2) is 0 Å². The zero-order valence-electron chi connectivity index (χ0n) is 11.5. The molecule has 1 fully saturated rings. The van der Waals surface area contributed by atoms with Crippen LogP contribution in [0.15, 0.2) is 4.99 Å². The molecule has 1 saturated carbocycles. The van der Waals surface area contributed by atoms with Gasteiger partial charge in [-0.15, -0.1) is 0 Å². The summed E-state index contributed by atoms with van der Waals surface area (Å²) in [6.45, 7) is 7.19. The van der Waals surface area contributed by atoms with Crippen LogP contribution < -0.4 is 5.73 Å². The average Bonchev–Trinajstić information content (AvgIpc) is 2.62. The molecule has 0 unspecified atom stereocenters. The predicted molar refractivity (Wildman–Crippen MR) is 70.8 cm³/mol. The summed E-state index contributed by atoms with van der Waals surface area (Å²) in [6.07, 6.45) is 5.15. The summed E-state index contributed by atoms with van der Waals surface area (Å²) in [6, 6.07) is 0. The van der Waals surface area contributed by atoms with Gasteiger partial charge >= 0.3 is 0 Å². The van der Waals surface area contributed by atoms with Gasteiger partial charge in [-0.3, -0.25) is 4.99 Å². The molecule has 3 heteroatoms. The lowest BCUT2D eigenvalue weighted by Crippen LogP contribution is -2.45. The van der Waals surface area contributed by atoms with Gasteiger partial charge in [0.1, 0.15) is 0 Å². The predicted octanol–water partition coefficient (Wildman–Crippen LogP) is 2.26. The Kier molecular flexibility index (Phi) is 4.00. The molecule has 0 saturated heterocycles. The van der Waals surface area contributed by atoms with Gasteiger partial charge in [0.05, 0.1) is 12.4 Å². The molecule has 16 heavy (non-hydrogen) atoms. The van der Waals surface area contributed by atoms with Gasteiger partial charge in [0.15, 0.2) is 0 Å². The van der Waals surface area contributed by atoms with Gasteiger partial charge in [-0.2, -0.15) is 0 Å². The Bertz CT molecular complexity index is 255. The van der Waals surface area contributed by atoms with Gasteiger partial charge in [0.25, 0.3) is 0 Å². The van der Waals surface area contributed by atoms with Crippen LogP contribution >= 0.6 is 0 Å². The topological polar surface area (TPSA) is 41.6 Å². The SMILES string of the molecule is CN(C)C1(CN=C(N)C(C)(C)C)CCCC1. The van der Waals surface area contributed by atoms with Crippen molar-refractivity contribution in [1.82, 2.24) is 4.90 Å². The summed E-state index contributed by atoms with van der Waals surface area (Å²) in [7, 11) is 4.32. The van der Waals surface area contributed by atoms with E-state index in [-0.39, 0.29) is 11.0 Å². The van der Waals surface area contributed by atoms with Gasteiger partial charge < -0.3 is 10.6 Å². The van der Waals surface area contributed by atoms with E-state index in [1.54, 1.807) is 0 Å². The molecule has 0 aliphatic heterocycles. The summed E-state index contributed by atoms with van der Waals surface area (Å²) in [5.74, 6) is 0.778. The normalized spacial score (nSPS) is 21.8. The minimum absolute atomic E-state index is 0.00783. The van der Waals surface area contributed by atoms with E-state index in [9.17, 15) is 0 Å². The highest BCUT2D eigenvalue weighted by atomic mass is 15.2. The molecule has 0 atom stereocenters. The van der Waals surface area contributed by atoms with Crippen LogP contribution in [0.25, 0.3) is 0 Å². The molecule has 0 heterocycles. The second-order valence-corrected chi connectivity index (χ2v) is 6.28. The quantitative estimate of drug-likeness (QED) is 0.591. The molecule has 0 aromatic carbocycles. The molecule has 1 rings (SSSR count). The molecule has 0 aromatic rings. The first kappa shape index (κ1) is 13.5. The fourth-order valence-corrected chi connectivity index (χ4v) is 2.25. The monoisotopic (exact) mass is 225 g/mol. The summed E-state index contributed by atoms with van der Waals surface area (Å²) >= 11 is 0. The first-order chi connectivity index (χ1) is 7.28. The molecule has 94 valence electrons. The third-order valence-electron chi connectivity index (χ3n) is 3.80. The zero-order valence-corrected chi connectivity index (χ0v) is 11.5. The van der Waals surface area contributed by atoms with E-state index < -0.39 is 0 Å². The Labute approximate surface area is 100 Å². The summed E-state index contributed by atoms with van der Waals surface area (Å²) in [5.41, 5.74) is 6.27. The number of likely N-dealkylation sites (N-methyl/N-ethyl adjacent to an activating group) is 1. The number of hydrogen-bond donors (Lipinski definition) is 1. The summed E-state index contributed by atoms with van der Waals surface area (Å²) in [4.78, 5) is 6.96. The highest BCUT2D eigenvalue weighted by molar-refractivity contribution is 5.85. The molecule has 0 spiro atoms. The number of aliphatic imine (C=N–C) groups is 1. The van der Waals surface area contributed by atoms with E-state index in [1.807, 2.05) is 0 Å². The van der Waals surface area contributed by atoms with E-state index in [2.05, 4.69) is 44.8 Å². The maximum Gasteiger partial charge on any atom is 0.0992 e. The largest absolute Gasteiger partial charge is 0.387 e. The Morgan fingerprint density at radius 2 is 1.75 bits per heavy atom. The lowest BCUT2D eigenvalue weighted by molar-refractivity contribution is 0.167. The Morgan fingerprint density at radius 1 is 1.25 bits per heavy atom. The van der Waals surface area contributed by atoms with Crippen LogP contribution in [0.1, 0.15) is 46.5 Å². The maximum atomic E-state index is 6.02. The van der Waals surface area contributed by atoms with Crippen molar-refractivity contribution in [2.45, 2.75) is 52.0 Å². The van der Waals surface area contributed by atoms with E-state index >= 15 is 0 Å². The third kappa shape index (κ3) is 2.97. The van der Waals surface area contributed by atoms with Gasteiger partial charge in [-0.1, -0.05) is 33.6 Å². The van der Waals surface area contributed by atoms with Crippen molar-refractivity contribution in [2.75, 3.05) is 20.6 Å². The molecular weight excluding hydrogens is 198 g/mol. The molecule has 0 aromatic heterocycles. The number of hydrogen-bond acceptors (Lipinski definition) is 2. The van der Waals surface area contributed by atoms with Gasteiger partial charge in [0, 0.05) is 11.0 Å². The molecule has 0 bridgehead atoms. The van der Waals surface area contributed by atoms with Crippen LogP contribution in [-0.2, 0) is 0 Å². The van der Waals surface area contributed by atoms with Gasteiger partial charge in [-0.05, 0) is 26.9 Å². The highest BCUT2D eigenvalue weighted by Crippen LogP contribution is 2.34. The average molecular weight is 225 g/mol. The molecule has 2 N–H and O–H groups in total. The lowest BCUT2D eigenvalue weighted by atomic mass is 9.93. The van der Waals surface area contributed by atoms with Crippen molar-refractivity contribution in [3.8, 4) is 0 Å². The Balaban J connectivity index is 2.71. The maximum absolute atomic E-state index is 6.02. The minimum atomic E-state index is -0.00783. The van der Waals surface area contributed by atoms with E-state index in [1.165, 1.54) is 25.7 Å². The second-order valence-electron chi connectivity index (χ2n) is 6.28. The van der Waals surface area contributed by atoms with Crippen molar-refractivity contribution < 1.29 is 0 Å². The number of nitrogens with two attached hydrogens (primary N) is 1. The second kappa shape index (κ2) is 4.74. The Morgan fingerprint density at radius 3 is 2.12 bits per heavy atom. The van der Waals surface area contributed by atoms with Crippen molar-refractivity contribution in [2.24, 2.45) is 16.1 Å². The van der Waals surface area contributed by atoms with Crippen molar-refractivity contribution in [3.63, 3.8) is 0 Å². The molecule has 1 aliphatic rings. The highest BCUT2D eigenvalue weighted by Gasteiger charge is 2.35. The fraction of sp³-hybridized carbons (Fsp3) is 0.923. The van der Waals surface area contributed by atoms with E-state index in [0.29, 0.717) is 0 Å². The third-order valence-corrected chi connectivity index (χ3v) is 3.80. The van der Waals surface area contributed by atoms with Crippen molar-refractivity contribution in [3.05, 3.63) is 0 Å². The standard InChI is InChI=1S/C13H27N3/c1-12(2,3)11(14)15-10-13(16(4)5)8-6-7-9-13/h6-10H2,1-5H3,(H2,14,15). The van der Waals surface area contributed by atoms with E-state index in [0.717, 1.165) is 12.4 Å². The van der Waals surface area contributed by atoms with Crippen LogP contribution in [-0.4, -0.2) is 36.9 Å². The molecule has 1 aliphatic carbocycles. The number of rotatable bonds is 3. The smallest absolute Gasteiger partial charge is 0.0992 e. The number of amidine groups is 1. The molecular formula is C13H27N3. The van der Waals surface area contributed by atoms with Crippen LogP contribution in [0.4, 0.5) is 0 Å². The molecule has 0 amide bonds. The fourth-order valence-electron chi connectivity index (χ4n) is 2.25. The molecule has 3 nitrogen and oxygen atoms in total. The minimum Gasteiger partial charge on any atom is -0.387 e. The van der Waals surface area contributed by atoms with Crippen LogP contribution in [0, 0.1) is 5.41 Å². The van der Waals surface area contributed by atoms with E-state index in [4.69, 9.17) is 5.73 Å². The Hall–Kier alpha value is -0.570. The summed E-state index contributed by atoms with van der Waals surface area (Å²) < 4.78 is 0. The van der Waals surface area contributed by atoms with Gasteiger partial charge in [0.2, 0.25) is 0 Å². The first-order valence-electron chi connectivity index (χ1n) is 6.26. The van der Waals surface area contributed by atoms with Crippen LogP contribution in [0.2, 0.25) is 0 Å². The summed E-state index contributed by atoms with van der Waals surface area (Å²) in [5, 5.41) is 0. The van der Waals surface area contributed by atoms with Crippen LogP contribution in [0.3, 0.4) is 0 Å². The first-order valence-corrected chi connectivity index (χ1v) is 6.26. The number of nitrogens with zero attached hydrogens (tertiary/aromatic N) is 2. The molecule has 0 radical (unpaired) electrons. The van der Waals surface area contributed by atoms with Crippen LogP contribution in [0.5, 0.6) is 0 Å². The zero-order chi connectivity index (χ0) is 12.4. The lowest BCUT2D eigenvalue weighted by Gasteiger charge is -2.35.